The lowest BCUT2D eigenvalue weighted by Crippen LogP contribution is -2.44. The minimum absolute atomic E-state index is 0.127. The van der Waals surface area contributed by atoms with Gasteiger partial charge >= 0.3 is 5.97 Å². The zero-order valence-electron chi connectivity index (χ0n) is 15.3. The van der Waals surface area contributed by atoms with Crippen LogP contribution in [0.5, 0.6) is 0 Å². The molecule has 10 nitrogen and oxygen atoms in total. The summed E-state index contributed by atoms with van der Waals surface area (Å²) < 4.78 is 19.0. The number of hydrogen-bond donors (Lipinski definition) is 3. The van der Waals surface area contributed by atoms with Gasteiger partial charge in [0.1, 0.15) is 12.4 Å². The largest absolute Gasteiger partial charge is 0.454 e. The number of carbonyl (C=O) groups excluding carboxylic acids is 3. The molecule has 0 fully saturated rings. The Morgan fingerprint density at radius 2 is 1.63 bits per heavy atom. The molecule has 0 saturated heterocycles. The molecule has 0 saturated carbocycles. The molecule has 0 aliphatic carbocycles. The number of rotatable bonds is 5. The number of hydrogen-bond acceptors (Lipinski definition) is 6. The van der Waals surface area contributed by atoms with Crippen molar-refractivity contribution in [3.63, 3.8) is 0 Å². The van der Waals surface area contributed by atoms with Gasteiger partial charge < -0.3 is 4.74 Å². The molecular weight excluding hydrogens is 399 g/mol. The summed E-state index contributed by atoms with van der Waals surface area (Å²) in [5.74, 6) is -3.54. The fraction of sp³-hybridized carbons (Fsp3) is 0.105. The number of esters is 1. The van der Waals surface area contributed by atoms with E-state index in [1.807, 2.05) is 10.9 Å². The number of amides is 2. The molecule has 154 valence electrons. The number of nitrogens with zero attached hydrogens (tertiary/aromatic N) is 1. The third kappa shape index (κ3) is 4.58. The summed E-state index contributed by atoms with van der Waals surface area (Å²) in [6.45, 7) is -1.41. The standard InChI is InChI=1S/C19H15FN4O6/c20-14-8-4-3-7-13(14)17(27)22-21-15(25)10-30-16(26)9-24-19(29)12-6-2-1-5-11(12)18(28)23-24/h1-8H,9-10H2,(H,21,25)(H,22,27)(H,23,28). The van der Waals surface area contributed by atoms with E-state index >= 15 is 0 Å². The molecule has 0 unspecified atom stereocenters. The number of aromatic nitrogens is 2. The lowest BCUT2D eigenvalue weighted by molar-refractivity contribution is -0.149. The quantitative estimate of drug-likeness (QED) is 0.391. The predicted molar refractivity (Wildman–Crippen MR) is 102 cm³/mol. The van der Waals surface area contributed by atoms with Crippen LogP contribution in [-0.4, -0.2) is 34.2 Å². The van der Waals surface area contributed by atoms with Gasteiger partial charge in [-0.15, -0.1) is 0 Å². The highest BCUT2D eigenvalue weighted by molar-refractivity contribution is 5.95. The van der Waals surface area contributed by atoms with Crippen molar-refractivity contribution in [1.82, 2.24) is 20.6 Å². The molecule has 11 heteroatoms. The Hall–Kier alpha value is -4.28. The number of carbonyl (C=O) groups is 3. The molecular formula is C19H15FN4O6. The lowest BCUT2D eigenvalue weighted by Gasteiger charge is -2.09. The van der Waals surface area contributed by atoms with Crippen LogP contribution in [0.3, 0.4) is 0 Å². The summed E-state index contributed by atoms with van der Waals surface area (Å²) in [5, 5.41) is 2.56. The van der Waals surface area contributed by atoms with E-state index in [1.54, 1.807) is 12.1 Å². The fourth-order valence-electron chi connectivity index (χ4n) is 2.55. The number of H-pyrrole nitrogens is 1. The summed E-state index contributed by atoms with van der Waals surface area (Å²) in [6.07, 6.45) is 0. The number of halogens is 1. The molecule has 30 heavy (non-hydrogen) atoms. The van der Waals surface area contributed by atoms with Crippen molar-refractivity contribution in [1.29, 1.82) is 0 Å². The van der Waals surface area contributed by atoms with E-state index in [2.05, 4.69) is 5.10 Å². The summed E-state index contributed by atoms with van der Waals surface area (Å²) in [6, 6.07) is 11.2. The molecule has 0 bridgehead atoms. The van der Waals surface area contributed by atoms with E-state index < -0.39 is 47.9 Å². The topological polar surface area (TPSA) is 139 Å². The second-order valence-electron chi connectivity index (χ2n) is 6.02. The summed E-state index contributed by atoms with van der Waals surface area (Å²) in [5.41, 5.74) is 2.49. The van der Waals surface area contributed by atoms with Crippen LogP contribution in [0, 0.1) is 5.82 Å². The average Bonchev–Trinajstić information content (AvgIpc) is 2.74. The smallest absolute Gasteiger partial charge is 0.328 e. The van der Waals surface area contributed by atoms with Crippen molar-refractivity contribution >= 4 is 28.6 Å². The van der Waals surface area contributed by atoms with Crippen LogP contribution >= 0.6 is 0 Å². The van der Waals surface area contributed by atoms with Gasteiger partial charge in [0, 0.05) is 0 Å². The molecule has 3 aromatic rings. The second kappa shape index (κ2) is 8.82. The van der Waals surface area contributed by atoms with Crippen LogP contribution in [0.4, 0.5) is 4.39 Å². The maximum atomic E-state index is 13.5. The highest BCUT2D eigenvalue weighted by Gasteiger charge is 2.14. The summed E-state index contributed by atoms with van der Waals surface area (Å²) in [7, 11) is 0. The molecule has 0 aliphatic rings. The van der Waals surface area contributed by atoms with Gasteiger partial charge in [-0.3, -0.25) is 39.9 Å². The molecule has 1 heterocycles. The zero-order valence-corrected chi connectivity index (χ0v) is 15.3. The Morgan fingerprint density at radius 1 is 0.967 bits per heavy atom. The van der Waals surface area contributed by atoms with Crippen LogP contribution in [-0.2, 0) is 20.9 Å². The third-order valence-corrected chi connectivity index (χ3v) is 3.97. The van der Waals surface area contributed by atoms with Gasteiger partial charge in [0.15, 0.2) is 6.61 Å². The summed E-state index contributed by atoms with van der Waals surface area (Å²) in [4.78, 5) is 59.7. The first-order valence-corrected chi connectivity index (χ1v) is 8.58. The zero-order chi connectivity index (χ0) is 21.7. The predicted octanol–water partition coefficient (Wildman–Crippen LogP) is -0.167. The molecule has 2 amide bonds. The molecule has 0 aliphatic heterocycles. The monoisotopic (exact) mass is 414 g/mol. The second-order valence-corrected chi connectivity index (χ2v) is 6.02. The van der Waals surface area contributed by atoms with E-state index in [4.69, 9.17) is 4.74 Å². The Bertz CT molecular complexity index is 1250. The third-order valence-electron chi connectivity index (χ3n) is 3.97. The number of fused-ring (bicyclic) bond motifs is 1. The maximum Gasteiger partial charge on any atom is 0.328 e. The summed E-state index contributed by atoms with van der Waals surface area (Å²) >= 11 is 0. The number of ether oxygens (including phenoxy) is 1. The number of hydrazine groups is 1. The lowest BCUT2D eigenvalue weighted by atomic mass is 10.2. The molecule has 3 rings (SSSR count). The minimum Gasteiger partial charge on any atom is -0.454 e. The molecule has 3 N–H and O–H groups in total. The number of aromatic amines is 1. The van der Waals surface area contributed by atoms with Crippen molar-refractivity contribution in [3.8, 4) is 0 Å². The van der Waals surface area contributed by atoms with E-state index in [0.717, 1.165) is 10.7 Å². The van der Waals surface area contributed by atoms with E-state index in [1.165, 1.54) is 30.3 Å². The highest BCUT2D eigenvalue weighted by Crippen LogP contribution is 2.05. The van der Waals surface area contributed by atoms with Gasteiger partial charge in [-0.25, -0.2) is 9.07 Å². The highest BCUT2D eigenvalue weighted by atomic mass is 19.1. The van der Waals surface area contributed by atoms with Crippen LogP contribution in [0.2, 0.25) is 0 Å². The Kier molecular flexibility index (Phi) is 6.01. The SMILES string of the molecule is O=C(COC(=O)Cn1[nH]c(=O)c2ccccc2c1=O)NNC(=O)c1ccccc1F. The van der Waals surface area contributed by atoms with Crippen LogP contribution in [0.25, 0.3) is 10.8 Å². The van der Waals surface area contributed by atoms with Crippen molar-refractivity contribution in [2.24, 2.45) is 0 Å². The van der Waals surface area contributed by atoms with Crippen LogP contribution < -0.4 is 22.0 Å². The van der Waals surface area contributed by atoms with Crippen molar-refractivity contribution in [2.45, 2.75) is 6.54 Å². The fourth-order valence-corrected chi connectivity index (χ4v) is 2.55. The van der Waals surface area contributed by atoms with Crippen molar-refractivity contribution in [3.05, 3.63) is 80.6 Å². The Morgan fingerprint density at radius 3 is 2.37 bits per heavy atom. The van der Waals surface area contributed by atoms with Gasteiger partial charge in [0.05, 0.1) is 16.3 Å². The first-order valence-electron chi connectivity index (χ1n) is 8.58. The van der Waals surface area contributed by atoms with E-state index in [9.17, 15) is 28.4 Å². The van der Waals surface area contributed by atoms with Crippen molar-refractivity contribution < 1.29 is 23.5 Å². The maximum absolute atomic E-state index is 13.5. The van der Waals surface area contributed by atoms with Gasteiger partial charge in [-0.05, 0) is 24.3 Å². The van der Waals surface area contributed by atoms with E-state index in [0.29, 0.717) is 0 Å². The first-order chi connectivity index (χ1) is 14.4. The molecule has 1 aromatic heterocycles. The Labute approximate surface area is 167 Å². The average molecular weight is 414 g/mol. The van der Waals surface area contributed by atoms with Gasteiger partial charge in [-0.1, -0.05) is 24.3 Å². The molecule has 2 aromatic carbocycles. The molecule has 0 radical (unpaired) electrons. The van der Waals surface area contributed by atoms with Crippen molar-refractivity contribution in [2.75, 3.05) is 6.61 Å². The van der Waals surface area contributed by atoms with Gasteiger partial charge in [0.2, 0.25) is 0 Å². The minimum atomic E-state index is -0.974. The number of nitrogens with one attached hydrogen (secondary N) is 3. The van der Waals surface area contributed by atoms with Crippen LogP contribution in [0.15, 0.2) is 58.1 Å². The first kappa shape index (κ1) is 20.5. The molecule has 0 spiro atoms. The van der Waals surface area contributed by atoms with Crippen LogP contribution in [0.1, 0.15) is 10.4 Å². The Balaban J connectivity index is 1.54. The number of benzene rings is 2. The normalized spacial score (nSPS) is 10.4. The molecule has 0 atom stereocenters. The van der Waals surface area contributed by atoms with Gasteiger partial charge in [0.25, 0.3) is 22.9 Å². The van der Waals surface area contributed by atoms with E-state index in [-0.39, 0.29) is 16.3 Å². The van der Waals surface area contributed by atoms with Gasteiger partial charge in [-0.2, -0.15) is 0 Å².